The highest BCUT2D eigenvalue weighted by atomic mass is 16.2. The zero-order chi connectivity index (χ0) is 18.5. The number of hydrogen-bond donors (Lipinski definition) is 1. The SMILES string of the molecule is OCC=CCC1(CCCc2ccccc2)c2ccccc2-c2ccccc21. The molecule has 0 radical (unpaired) electrons. The molecule has 27 heavy (non-hydrogen) atoms. The summed E-state index contributed by atoms with van der Waals surface area (Å²) in [6, 6.07) is 28.4. The van der Waals surface area contributed by atoms with Crippen molar-refractivity contribution in [3.8, 4) is 11.1 Å². The predicted molar refractivity (Wildman–Crippen MR) is 113 cm³/mol. The van der Waals surface area contributed by atoms with Crippen LogP contribution in [0.3, 0.4) is 0 Å². The lowest BCUT2D eigenvalue weighted by Gasteiger charge is -2.31. The van der Waals surface area contributed by atoms with Crippen molar-refractivity contribution >= 4 is 0 Å². The fraction of sp³-hybridized carbons (Fsp3) is 0.231. The van der Waals surface area contributed by atoms with Crippen molar-refractivity contribution in [1.82, 2.24) is 0 Å². The fourth-order valence-corrected chi connectivity index (χ4v) is 4.60. The van der Waals surface area contributed by atoms with E-state index in [9.17, 15) is 5.11 Å². The van der Waals surface area contributed by atoms with Crippen LogP contribution in [0.5, 0.6) is 0 Å². The van der Waals surface area contributed by atoms with Crippen molar-refractivity contribution in [3.63, 3.8) is 0 Å². The van der Waals surface area contributed by atoms with E-state index in [-0.39, 0.29) is 12.0 Å². The van der Waals surface area contributed by atoms with Crippen LogP contribution in [0.2, 0.25) is 0 Å². The van der Waals surface area contributed by atoms with Gasteiger partial charge >= 0.3 is 0 Å². The Morgan fingerprint density at radius 2 is 1.30 bits per heavy atom. The Bertz CT molecular complexity index is 878. The van der Waals surface area contributed by atoms with E-state index < -0.39 is 0 Å². The third-order valence-electron chi connectivity index (χ3n) is 5.83. The number of aryl methyl sites for hydroxylation is 1. The van der Waals surface area contributed by atoms with E-state index >= 15 is 0 Å². The molecule has 0 amide bonds. The zero-order valence-electron chi connectivity index (χ0n) is 15.6. The molecule has 3 aromatic carbocycles. The van der Waals surface area contributed by atoms with Gasteiger partial charge < -0.3 is 5.11 Å². The number of hydrogen-bond acceptors (Lipinski definition) is 1. The topological polar surface area (TPSA) is 20.2 Å². The summed E-state index contributed by atoms with van der Waals surface area (Å²) in [5.41, 5.74) is 6.99. The molecule has 0 bridgehead atoms. The molecule has 0 saturated heterocycles. The Morgan fingerprint density at radius 1 is 0.704 bits per heavy atom. The first kappa shape index (κ1) is 17.8. The summed E-state index contributed by atoms with van der Waals surface area (Å²) in [4.78, 5) is 0. The standard InChI is InChI=1S/C26H26O/c27-20-9-8-18-26(19-10-13-21-11-2-1-3-12-21)24-16-6-4-14-22(24)23-15-5-7-17-25(23)26/h1-9,11-12,14-17,27H,10,13,18-20H2. The van der Waals surface area contributed by atoms with Gasteiger partial charge in [-0.1, -0.05) is 91.0 Å². The molecule has 0 heterocycles. The average molecular weight is 354 g/mol. The number of benzene rings is 3. The lowest BCUT2D eigenvalue weighted by molar-refractivity contribution is 0.341. The van der Waals surface area contributed by atoms with E-state index in [0.717, 1.165) is 25.7 Å². The Hall–Kier alpha value is -2.64. The van der Waals surface area contributed by atoms with Gasteiger partial charge in [0.25, 0.3) is 0 Å². The van der Waals surface area contributed by atoms with Gasteiger partial charge in [-0.05, 0) is 53.5 Å². The largest absolute Gasteiger partial charge is 0.392 e. The van der Waals surface area contributed by atoms with Crippen LogP contribution in [0, 0.1) is 0 Å². The molecule has 0 unspecified atom stereocenters. The second-order valence-electron chi connectivity index (χ2n) is 7.37. The maximum Gasteiger partial charge on any atom is 0.0612 e. The number of aliphatic hydroxyl groups is 1. The fourth-order valence-electron chi connectivity index (χ4n) is 4.60. The molecule has 3 aromatic rings. The third-order valence-corrected chi connectivity index (χ3v) is 5.83. The number of fused-ring (bicyclic) bond motifs is 3. The first-order valence-corrected chi connectivity index (χ1v) is 9.84. The molecule has 1 N–H and O–H groups in total. The molecule has 4 rings (SSSR count). The highest BCUT2D eigenvalue weighted by Crippen LogP contribution is 2.53. The lowest BCUT2D eigenvalue weighted by Crippen LogP contribution is -2.25. The molecule has 0 atom stereocenters. The van der Waals surface area contributed by atoms with Crippen LogP contribution < -0.4 is 0 Å². The van der Waals surface area contributed by atoms with Gasteiger partial charge in [0.2, 0.25) is 0 Å². The lowest BCUT2D eigenvalue weighted by atomic mass is 9.71. The highest BCUT2D eigenvalue weighted by molar-refractivity contribution is 5.81. The predicted octanol–water partition coefficient (Wildman–Crippen LogP) is 5.91. The molecule has 0 fully saturated rings. The average Bonchev–Trinajstić information content (AvgIpc) is 3.00. The monoisotopic (exact) mass is 354 g/mol. The van der Waals surface area contributed by atoms with Gasteiger partial charge in [-0.25, -0.2) is 0 Å². The zero-order valence-corrected chi connectivity index (χ0v) is 15.6. The molecule has 136 valence electrons. The summed E-state index contributed by atoms with van der Waals surface area (Å²) in [5, 5.41) is 9.25. The summed E-state index contributed by atoms with van der Waals surface area (Å²) >= 11 is 0. The molecule has 1 aliphatic rings. The quantitative estimate of drug-likeness (QED) is 0.523. The molecule has 0 saturated carbocycles. The Morgan fingerprint density at radius 3 is 1.93 bits per heavy atom. The van der Waals surface area contributed by atoms with Crippen LogP contribution in [-0.4, -0.2) is 11.7 Å². The molecular weight excluding hydrogens is 328 g/mol. The second kappa shape index (κ2) is 7.94. The minimum Gasteiger partial charge on any atom is -0.392 e. The van der Waals surface area contributed by atoms with E-state index in [1.807, 2.05) is 6.08 Å². The Labute approximate surface area is 162 Å². The van der Waals surface area contributed by atoms with Gasteiger partial charge in [0.15, 0.2) is 0 Å². The van der Waals surface area contributed by atoms with Crippen LogP contribution in [0.1, 0.15) is 36.0 Å². The molecule has 0 aliphatic heterocycles. The van der Waals surface area contributed by atoms with Crippen molar-refractivity contribution in [3.05, 3.63) is 108 Å². The molecule has 0 aromatic heterocycles. The summed E-state index contributed by atoms with van der Waals surface area (Å²) in [5.74, 6) is 0. The van der Waals surface area contributed by atoms with Crippen molar-refractivity contribution in [2.45, 2.75) is 31.1 Å². The minimum atomic E-state index is -0.00631. The van der Waals surface area contributed by atoms with E-state index in [0.29, 0.717) is 0 Å². The Balaban J connectivity index is 1.71. The summed E-state index contributed by atoms with van der Waals surface area (Å²) in [7, 11) is 0. The van der Waals surface area contributed by atoms with Gasteiger partial charge in [0.1, 0.15) is 0 Å². The maximum absolute atomic E-state index is 9.25. The van der Waals surface area contributed by atoms with E-state index in [4.69, 9.17) is 0 Å². The molecule has 1 nitrogen and oxygen atoms in total. The van der Waals surface area contributed by atoms with Crippen LogP contribution in [0.4, 0.5) is 0 Å². The normalized spacial score (nSPS) is 14.3. The van der Waals surface area contributed by atoms with Gasteiger partial charge in [0.05, 0.1) is 6.61 Å². The van der Waals surface area contributed by atoms with Gasteiger partial charge in [0, 0.05) is 5.41 Å². The minimum absolute atomic E-state index is 0.00631. The number of allylic oxidation sites excluding steroid dienone is 1. The van der Waals surface area contributed by atoms with Gasteiger partial charge in [-0.3, -0.25) is 0 Å². The van der Waals surface area contributed by atoms with E-state index in [2.05, 4.69) is 84.9 Å². The molecule has 1 aliphatic carbocycles. The van der Waals surface area contributed by atoms with Gasteiger partial charge in [-0.15, -0.1) is 0 Å². The van der Waals surface area contributed by atoms with E-state index in [1.54, 1.807) is 0 Å². The van der Waals surface area contributed by atoms with Crippen LogP contribution in [0.15, 0.2) is 91.0 Å². The van der Waals surface area contributed by atoms with Crippen LogP contribution in [0.25, 0.3) is 11.1 Å². The molecule has 1 heteroatoms. The van der Waals surface area contributed by atoms with Crippen molar-refractivity contribution in [2.24, 2.45) is 0 Å². The van der Waals surface area contributed by atoms with Crippen molar-refractivity contribution in [1.29, 1.82) is 0 Å². The Kier molecular flexibility index (Phi) is 5.22. The second-order valence-corrected chi connectivity index (χ2v) is 7.37. The first-order chi connectivity index (χ1) is 13.3. The molecule has 0 spiro atoms. The maximum atomic E-state index is 9.25. The third kappa shape index (κ3) is 3.36. The van der Waals surface area contributed by atoms with Crippen molar-refractivity contribution in [2.75, 3.05) is 6.61 Å². The first-order valence-electron chi connectivity index (χ1n) is 9.84. The smallest absolute Gasteiger partial charge is 0.0612 e. The highest BCUT2D eigenvalue weighted by Gasteiger charge is 2.41. The van der Waals surface area contributed by atoms with Gasteiger partial charge in [-0.2, -0.15) is 0 Å². The summed E-state index contributed by atoms with van der Waals surface area (Å²) in [6.45, 7) is 0.101. The number of rotatable bonds is 7. The van der Waals surface area contributed by atoms with E-state index in [1.165, 1.54) is 27.8 Å². The van der Waals surface area contributed by atoms with Crippen LogP contribution >= 0.6 is 0 Å². The summed E-state index contributed by atoms with van der Waals surface area (Å²) < 4.78 is 0. The van der Waals surface area contributed by atoms with Crippen LogP contribution in [-0.2, 0) is 11.8 Å². The number of aliphatic hydroxyl groups excluding tert-OH is 1. The van der Waals surface area contributed by atoms with Crippen molar-refractivity contribution < 1.29 is 5.11 Å². The summed E-state index contributed by atoms with van der Waals surface area (Å²) in [6.07, 6.45) is 8.29. The molecular formula is C26H26O.